The van der Waals surface area contributed by atoms with Crippen molar-refractivity contribution < 1.29 is 19.1 Å². The molecular formula is C15H12N2O4. The van der Waals surface area contributed by atoms with Gasteiger partial charge >= 0.3 is 5.97 Å². The predicted octanol–water partition coefficient (Wildman–Crippen LogP) is 2.77. The number of phenols is 1. The van der Waals surface area contributed by atoms with E-state index in [0.717, 1.165) is 0 Å². The molecule has 0 aliphatic heterocycles. The summed E-state index contributed by atoms with van der Waals surface area (Å²) in [5, 5.41) is 10.1. The Bertz CT molecular complexity index is 796. The van der Waals surface area contributed by atoms with E-state index >= 15 is 0 Å². The lowest BCUT2D eigenvalue weighted by Crippen LogP contribution is -2.05. The van der Waals surface area contributed by atoms with Crippen molar-refractivity contribution in [1.82, 2.24) is 9.97 Å². The van der Waals surface area contributed by atoms with E-state index in [4.69, 9.17) is 9.15 Å². The predicted molar refractivity (Wildman–Crippen MR) is 74.9 cm³/mol. The monoisotopic (exact) mass is 284 g/mol. The first kappa shape index (κ1) is 13.1. The normalized spacial score (nSPS) is 10.7. The molecule has 1 N–H and O–H groups in total. The number of ether oxygens (including phenoxy) is 1. The fourth-order valence-corrected chi connectivity index (χ4v) is 2.09. The molecule has 2 heterocycles. The van der Waals surface area contributed by atoms with Gasteiger partial charge in [0.25, 0.3) is 0 Å². The molecule has 0 spiro atoms. The van der Waals surface area contributed by atoms with Crippen LogP contribution in [0.25, 0.3) is 22.4 Å². The molecule has 0 aliphatic carbocycles. The van der Waals surface area contributed by atoms with Crippen LogP contribution in [0.3, 0.4) is 0 Å². The summed E-state index contributed by atoms with van der Waals surface area (Å²) in [7, 11) is 0. The Morgan fingerprint density at radius 2 is 2.24 bits per heavy atom. The van der Waals surface area contributed by atoms with Crippen molar-refractivity contribution in [2.45, 2.75) is 6.92 Å². The number of furan rings is 1. The molecule has 3 rings (SSSR count). The quantitative estimate of drug-likeness (QED) is 0.744. The number of aromatic hydroxyl groups is 1. The van der Waals surface area contributed by atoms with Gasteiger partial charge in [-0.1, -0.05) is 0 Å². The van der Waals surface area contributed by atoms with Crippen LogP contribution in [0.4, 0.5) is 0 Å². The van der Waals surface area contributed by atoms with Crippen LogP contribution in [-0.4, -0.2) is 27.7 Å². The maximum Gasteiger partial charge on any atom is 0.342 e. The van der Waals surface area contributed by atoms with E-state index in [9.17, 15) is 9.90 Å². The molecule has 3 aromatic rings. The molecule has 0 saturated heterocycles. The molecule has 0 saturated carbocycles. The third-order valence-electron chi connectivity index (χ3n) is 2.95. The van der Waals surface area contributed by atoms with Gasteiger partial charge in [-0.15, -0.1) is 0 Å². The largest absolute Gasteiger partial charge is 0.508 e. The summed E-state index contributed by atoms with van der Waals surface area (Å²) in [6, 6.07) is 4.54. The third kappa shape index (κ3) is 2.31. The first-order chi connectivity index (χ1) is 10.2. The number of hydrogen-bond acceptors (Lipinski definition) is 6. The zero-order valence-electron chi connectivity index (χ0n) is 11.2. The number of benzene rings is 1. The van der Waals surface area contributed by atoms with Crippen molar-refractivity contribution in [2.75, 3.05) is 6.61 Å². The van der Waals surface area contributed by atoms with E-state index in [1.54, 1.807) is 13.0 Å². The van der Waals surface area contributed by atoms with Crippen LogP contribution in [-0.2, 0) is 4.74 Å². The van der Waals surface area contributed by atoms with E-state index in [1.165, 1.54) is 30.7 Å². The number of carbonyl (C=O) groups is 1. The summed E-state index contributed by atoms with van der Waals surface area (Å²) >= 11 is 0. The van der Waals surface area contributed by atoms with Crippen LogP contribution in [0.15, 0.2) is 41.2 Å². The van der Waals surface area contributed by atoms with Gasteiger partial charge in [0.1, 0.15) is 22.6 Å². The SMILES string of the molecule is CCOC(=O)c1c(-c2cnccn2)oc2ccc(O)cc12. The van der Waals surface area contributed by atoms with Gasteiger partial charge in [0.15, 0.2) is 5.76 Å². The first-order valence-corrected chi connectivity index (χ1v) is 6.39. The number of hydrogen-bond donors (Lipinski definition) is 1. The second-order valence-corrected chi connectivity index (χ2v) is 4.30. The maximum absolute atomic E-state index is 12.2. The third-order valence-corrected chi connectivity index (χ3v) is 2.95. The van der Waals surface area contributed by atoms with Gasteiger partial charge in [0, 0.05) is 17.8 Å². The van der Waals surface area contributed by atoms with Crippen LogP contribution in [0.2, 0.25) is 0 Å². The van der Waals surface area contributed by atoms with Crippen molar-refractivity contribution in [3.8, 4) is 17.2 Å². The highest BCUT2D eigenvalue weighted by Crippen LogP contribution is 2.34. The summed E-state index contributed by atoms with van der Waals surface area (Å²) in [6.07, 6.45) is 4.54. The van der Waals surface area contributed by atoms with Crippen LogP contribution >= 0.6 is 0 Å². The molecule has 2 aromatic heterocycles. The number of carbonyl (C=O) groups excluding carboxylic acids is 1. The Balaban J connectivity index is 2.28. The minimum atomic E-state index is -0.525. The summed E-state index contributed by atoms with van der Waals surface area (Å²) in [6.45, 7) is 1.96. The molecule has 0 atom stereocenters. The van der Waals surface area contributed by atoms with Crippen LogP contribution in [0.1, 0.15) is 17.3 Å². The van der Waals surface area contributed by atoms with E-state index in [2.05, 4.69) is 9.97 Å². The van der Waals surface area contributed by atoms with Crippen molar-refractivity contribution in [2.24, 2.45) is 0 Å². The minimum Gasteiger partial charge on any atom is -0.508 e. The number of rotatable bonds is 3. The van der Waals surface area contributed by atoms with Gasteiger partial charge in [-0.25, -0.2) is 9.78 Å². The van der Waals surface area contributed by atoms with Crippen LogP contribution in [0, 0.1) is 0 Å². The van der Waals surface area contributed by atoms with Gasteiger partial charge in [-0.2, -0.15) is 0 Å². The Labute approximate surface area is 120 Å². The number of esters is 1. The molecule has 6 nitrogen and oxygen atoms in total. The average Bonchev–Trinajstić information content (AvgIpc) is 2.87. The van der Waals surface area contributed by atoms with E-state index in [0.29, 0.717) is 16.7 Å². The summed E-state index contributed by atoms with van der Waals surface area (Å²) in [5.74, 6) is -0.204. The summed E-state index contributed by atoms with van der Waals surface area (Å²) < 4.78 is 10.8. The fourth-order valence-electron chi connectivity index (χ4n) is 2.09. The molecule has 106 valence electrons. The van der Waals surface area contributed by atoms with Gasteiger partial charge in [0.05, 0.1) is 12.8 Å². The molecule has 0 amide bonds. The van der Waals surface area contributed by atoms with Gasteiger partial charge in [-0.05, 0) is 25.1 Å². The zero-order chi connectivity index (χ0) is 14.8. The lowest BCUT2D eigenvalue weighted by molar-refractivity contribution is 0.0528. The maximum atomic E-state index is 12.2. The molecule has 21 heavy (non-hydrogen) atoms. The van der Waals surface area contributed by atoms with Crippen molar-refractivity contribution in [3.05, 3.63) is 42.4 Å². The molecule has 0 unspecified atom stereocenters. The number of phenolic OH excluding ortho intramolecular Hbond substituents is 1. The van der Waals surface area contributed by atoms with Crippen molar-refractivity contribution in [3.63, 3.8) is 0 Å². The Morgan fingerprint density at radius 1 is 1.38 bits per heavy atom. The highest BCUT2D eigenvalue weighted by Gasteiger charge is 2.24. The zero-order valence-corrected chi connectivity index (χ0v) is 11.2. The molecule has 1 aromatic carbocycles. The van der Waals surface area contributed by atoms with Crippen LogP contribution < -0.4 is 0 Å². The average molecular weight is 284 g/mol. The summed E-state index contributed by atoms with van der Waals surface area (Å²) in [4.78, 5) is 20.3. The lowest BCUT2D eigenvalue weighted by Gasteiger charge is -2.02. The van der Waals surface area contributed by atoms with E-state index in [-0.39, 0.29) is 23.7 Å². The topological polar surface area (TPSA) is 85.5 Å². The number of nitrogens with zero attached hydrogens (tertiary/aromatic N) is 2. The van der Waals surface area contributed by atoms with E-state index in [1.807, 2.05) is 0 Å². The van der Waals surface area contributed by atoms with E-state index < -0.39 is 5.97 Å². The second kappa shape index (κ2) is 5.24. The van der Waals surface area contributed by atoms with Gasteiger partial charge in [-0.3, -0.25) is 4.98 Å². The minimum absolute atomic E-state index is 0.0412. The highest BCUT2D eigenvalue weighted by atomic mass is 16.5. The highest BCUT2D eigenvalue weighted by molar-refractivity contribution is 6.08. The smallest absolute Gasteiger partial charge is 0.342 e. The lowest BCUT2D eigenvalue weighted by atomic mass is 10.1. The fraction of sp³-hybridized carbons (Fsp3) is 0.133. The molecular weight excluding hydrogens is 272 g/mol. The molecule has 0 radical (unpaired) electrons. The Morgan fingerprint density at radius 3 is 2.95 bits per heavy atom. The van der Waals surface area contributed by atoms with Gasteiger partial charge < -0.3 is 14.3 Å². The first-order valence-electron chi connectivity index (χ1n) is 6.39. The molecule has 6 heteroatoms. The Kier molecular flexibility index (Phi) is 3.27. The molecule has 0 aliphatic rings. The number of fused-ring (bicyclic) bond motifs is 1. The number of aromatic nitrogens is 2. The molecule has 0 bridgehead atoms. The molecule has 0 fully saturated rings. The van der Waals surface area contributed by atoms with Gasteiger partial charge in [0.2, 0.25) is 0 Å². The van der Waals surface area contributed by atoms with Crippen molar-refractivity contribution in [1.29, 1.82) is 0 Å². The van der Waals surface area contributed by atoms with Crippen LogP contribution in [0.5, 0.6) is 5.75 Å². The second-order valence-electron chi connectivity index (χ2n) is 4.30. The Hall–Kier alpha value is -2.89. The standard InChI is InChI=1S/C15H12N2O4/c1-2-20-15(19)13-10-7-9(18)3-4-12(10)21-14(13)11-8-16-5-6-17-11/h3-8,18H,2H2,1H3. The summed E-state index contributed by atoms with van der Waals surface area (Å²) in [5.41, 5.74) is 1.14. The van der Waals surface area contributed by atoms with Crippen molar-refractivity contribution >= 4 is 16.9 Å².